The predicted molar refractivity (Wildman–Crippen MR) is 61.1 cm³/mol. The van der Waals surface area contributed by atoms with Crippen LogP contribution in [0, 0.1) is 10.1 Å². The molecule has 0 unspecified atom stereocenters. The molecule has 0 aliphatic rings. The number of nitro groups is 1. The molecule has 0 atom stereocenters. The predicted octanol–water partition coefficient (Wildman–Crippen LogP) is 0.930. The summed E-state index contributed by atoms with van der Waals surface area (Å²) in [6.45, 7) is -2.70. The minimum Gasteiger partial charge on any atom is -0.395 e. The number of alkyl halides is 3. The zero-order valence-electron chi connectivity index (χ0n) is 10.4. The third kappa shape index (κ3) is 3.70. The Kier molecular flexibility index (Phi) is 4.71. The molecular weight excluding hydrogens is 283 g/mol. The SMILES string of the molecule is Cn1c(C(=O)N(CCO)CC(F)(F)F)ccc1[N+](=O)[O-]. The molecule has 0 radical (unpaired) electrons. The van der Waals surface area contributed by atoms with Crippen LogP contribution in [-0.4, -0.2) is 51.3 Å². The molecule has 1 rings (SSSR count). The Morgan fingerprint density at radius 2 is 2.10 bits per heavy atom. The van der Waals surface area contributed by atoms with Crippen molar-refractivity contribution in [1.82, 2.24) is 9.47 Å². The van der Waals surface area contributed by atoms with Crippen molar-refractivity contribution in [2.24, 2.45) is 7.05 Å². The van der Waals surface area contributed by atoms with E-state index in [1.165, 1.54) is 7.05 Å². The van der Waals surface area contributed by atoms with Crippen molar-refractivity contribution in [3.05, 3.63) is 27.9 Å². The van der Waals surface area contributed by atoms with Gasteiger partial charge in [0.1, 0.15) is 6.54 Å². The first kappa shape index (κ1) is 16.0. The summed E-state index contributed by atoms with van der Waals surface area (Å²) in [6, 6.07) is 2.10. The van der Waals surface area contributed by atoms with Crippen molar-refractivity contribution >= 4 is 11.7 Å². The standard InChI is InChI=1S/C10H12F3N3O4/c1-14-7(2-3-8(14)16(19)20)9(18)15(4-5-17)6-10(11,12)13/h2-3,17H,4-6H2,1H3. The van der Waals surface area contributed by atoms with Crippen molar-refractivity contribution in [3.63, 3.8) is 0 Å². The molecule has 20 heavy (non-hydrogen) atoms. The number of carbonyl (C=O) groups excluding carboxylic acids is 1. The van der Waals surface area contributed by atoms with Gasteiger partial charge < -0.3 is 20.1 Å². The molecule has 10 heteroatoms. The Morgan fingerprint density at radius 3 is 2.50 bits per heavy atom. The highest BCUT2D eigenvalue weighted by Crippen LogP contribution is 2.20. The van der Waals surface area contributed by atoms with Gasteiger partial charge in [0.05, 0.1) is 13.7 Å². The molecule has 0 spiro atoms. The van der Waals surface area contributed by atoms with Gasteiger partial charge in [-0.3, -0.25) is 4.79 Å². The molecule has 0 saturated carbocycles. The van der Waals surface area contributed by atoms with E-state index < -0.39 is 42.5 Å². The summed E-state index contributed by atoms with van der Waals surface area (Å²) in [6.07, 6.45) is -4.62. The van der Waals surface area contributed by atoms with Gasteiger partial charge in [-0.05, 0) is 11.0 Å². The lowest BCUT2D eigenvalue weighted by Crippen LogP contribution is -2.41. The lowest BCUT2D eigenvalue weighted by Gasteiger charge is -2.22. The normalized spacial score (nSPS) is 11.4. The highest BCUT2D eigenvalue weighted by atomic mass is 19.4. The average Bonchev–Trinajstić information content (AvgIpc) is 2.68. The number of hydrogen-bond donors (Lipinski definition) is 1. The molecule has 0 fully saturated rings. The number of amides is 1. The summed E-state index contributed by atoms with van der Waals surface area (Å²) in [5.74, 6) is -1.45. The third-order valence-electron chi connectivity index (χ3n) is 2.53. The molecule has 112 valence electrons. The monoisotopic (exact) mass is 295 g/mol. The van der Waals surface area contributed by atoms with Gasteiger partial charge in [-0.25, -0.2) is 4.57 Å². The smallest absolute Gasteiger partial charge is 0.395 e. The van der Waals surface area contributed by atoms with Gasteiger partial charge in [0.15, 0.2) is 5.69 Å². The second kappa shape index (κ2) is 5.90. The summed E-state index contributed by atoms with van der Waals surface area (Å²) in [4.78, 5) is 22.2. The second-order valence-corrected chi connectivity index (χ2v) is 3.96. The first-order valence-corrected chi connectivity index (χ1v) is 5.44. The molecule has 0 bridgehead atoms. The molecular formula is C10H12F3N3O4. The van der Waals surface area contributed by atoms with Gasteiger partial charge in [-0.15, -0.1) is 0 Å². The Balaban J connectivity index is 3.03. The summed E-state index contributed by atoms with van der Waals surface area (Å²) < 4.78 is 37.9. The quantitative estimate of drug-likeness (QED) is 0.646. The lowest BCUT2D eigenvalue weighted by molar-refractivity contribution is -0.391. The van der Waals surface area contributed by atoms with E-state index in [9.17, 15) is 28.1 Å². The lowest BCUT2D eigenvalue weighted by atomic mass is 10.3. The van der Waals surface area contributed by atoms with E-state index in [2.05, 4.69) is 0 Å². The van der Waals surface area contributed by atoms with E-state index in [1.54, 1.807) is 0 Å². The Hall–Kier alpha value is -2.10. The Morgan fingerprint density at radius 1 is 1.50 bits per heavy atom. The maximum absolute atomic E-state index is 12.3. The molecule has 0 aliphatic heterocycles. The van der Waals surface area contributed by atoms with Gasteiger partial charge >= 0.3 is 12.0 Å². The molecule has 1 N–H and O–H groups in total. The van der Waals surface area contributed by atoms with Gasteiger partial charge in [0.25, 0.3) is 5.91 Å². The topological polar surface area (TPSA) is 88.6 Å². The van der Waals surface area contributed by atoms with Crippen molar-refractivity contribution in [3.8, 4) is 0 Å². The van der Waals surface area contributed by atoms with Crippen LogP contribution in [0.3, 0.4) is 0 Å². The molecule has 1 amide bonds. The maximum Gasteiger partial charge on any atom is 0.406 e. The molecule has 1 aromatic rings. The van der Waals surface area contributed by atoms with E-state index in [0.29, 0.717) is 4.90 Å². The van der Waals surface area contributed by atoms with E-state index >= 15 is 0 Å². The summed E-state index contributed by atoms with van der Waals surface area (Å²) >= 11 is 0. The summed E-state index contributed by atoms with van der Waals surface area (Å²) in [5, 5.41) is 19.3. The number of carbonyl (C=O) groups is 1. The van der Waals surface area contributed by atoms with Crippen LogP contribution in [0.1, 0.15) is 10.5 Å². The highest BCUT2D eigenvalue weighted by Gasteiger charge is 2.35. The maximum atomic E-state index is 12.3. The van der Waals surface area contributed by atoms with Crippen molar-refractivity contribution in [1.29, 1.82) is 0 Å². The van der Waals surface area contributed by atoms with Crippen LogP contribution in [-0.2, 0) is 7.05 Å². The molecule has 1 heterocycles. The zero-order valence-corrected chi connectivity index (χ0v) is 10.4. The number of aliphatic hydroxyl groups is 1. The first-order chi connectivity index (χ1) is 9.17. The second-order valence-electron chi connectivity index (χ2n) is 3.96. The van der Waals surface area contributed by atoms with E-state index in [0.717, 1.165) is 16.7 Å². The number of nitrogens with zero attached hydrogens (tertiary/aromatic N) is 3. The number of hydrogen-bond acceptors (Lipinski definition) is 4. The van der Waals surface area contributed by atoms with Gasteiger partial charge in [0.2, 0.25) is 0 Å². The van der Waals surface area contributed by atoms with Crippen LogP contribution in [0.5, 0.6) is 0 Å². The van der Waals surface area contributed by atoms with Crippen molar-refractivity contribution in [2.75, 3.05) is 19.7 Å². The number of aromatic nitrogens is 1. The zero-order chi connectivity index (χ0) is 15.5. The van der Waals surface area contributed by atoms with E-state index in [-0.39, 0.29) is 5.69 Å². The van der Waals surface area contributed by atoms with Gasteiger partial charge in [-0.2, -0.15) is 13.2 Å². The largest absolute Gasteiger partial charge is 0.406 e. The fraction of sp³-hybridized carbons (Fsp3) is 0.500. The molecule has 7 nitrogen and oxygen atoms in total. The minimum atomic E-state index is -4.62. The number of rotatable bonds is 5. The van der Waals surface area contributed by atoms with Gasteiger partial charge in [-0.1, -0.05) is 0 Å². The minimum absolute atomic E-state index is 0.255. The van der Waals surface area contributed by atoms with Crippen LogP contribution in [0.2, 0.25) is 0 Å². The molecule has 1 aromatic heterocycles. The van der Waals surface area contributed by atoms with Crippen LogP contribution >= 0.6 is 0 Å². The fourth-order valence-electron chi connectivity index (χ4n) is 1.65. The first-order valence-electron chi connectivity index (χ1n) is 5.44. The van der Waals surface area contributed by atoms with Crippen LogP contribution < -0.4 is 0 Å². The van der Waals surface area contributed by atoms with Crippen LogP contribution in [0.15, 0.2) is 12.1 Å². The van der Waals surface area contributed by atoms with Crippen molar-refractivity contribution < 1.29 is 28.0 Å². The number of aliphatic hydroxyl groups excluding tert-OH is 1. The fourth-order valence-corrected chi connectivity index (χ4v) is 1.65. The highest BCUT2D eigenvalue weighted by molar-refractivity contribution is 5.93. The molecule has 0 aromatic carbocycles. The third-order valence-corrected chi connectivity index (χ3v) is 2.53. The van der Waals surface area contributed by atoms with Gasteiger partial charge in [0, 0.05) is 12.6 Å². The van der Waals surface area contributed by atoms with E-state index in [4.69, 9.17) is 5.11 Å². The Bertz CT molecular complexity index is 512. The molecule has 0 saturated heterocycles. The summed E-state index contributed by atoms with van der Waals surface area (Å²) in [7, 11) is 1.20. The number of halogens is 3. The average molecular weight is 295 g/mol. The summed E-state index contributed by atoms with van der Waals surface area (Å²) in [5.41, 5.74) is -0.255. The molecule has 0 aliphatic carbocycles. The van der Waals surface area contributed by atoms with Crippen LogP contribution in [0.25, 0.3) is 0 Å². The van der Waals surface area contributed by atoms with E-state index in [1.807, 2.05) is 0 Å². The van der Waals surface area contributed by atoms with Crippen molar-refractivity contribution in [2.45, 2.75) is 6.18 Å². The van der Waals surface area contributed by atoms with Crippen LogP contribution in [0.4, 0.5) is 19.0 Å². The Labute approximate surface area is 111 Å².